The molecule has 5 nitrogen and oxygen atoms in total. The molecule has 1 fully saturated rings. The summed E-state index contributed by atoms with van der Waals surface area (Å²) in [5.41, 5.74) is 1.93. The van der Waals surface area contributed by atoms with Gasteiger partial charge in [-0.2, -0.15) is 5.10 Å². The lowest BCUT2D eigenvalue weighted by atomic mass is 9.97. The summed E-state index contributed by atoms with van der Waals surface area (Å²) in [6.45, 7) is 2.73. The number of halogens is 2. The van der Waals surface area contributed by atoms with Crippen molar-refractivity contribution in [1.29, 1.82) is 0 Å². The van der Waals surface area contributed by atoms with Crippen LogP contribution in [0, 0.1) is 5.82 Å². The molecule has 1 amide bonds. The third kappa shape index (κ3) is 5.83. The number of carbonyl (C=O) groups is 1. The van der Waals surface area contributed by atoms with Crippen LogP contribution < -0.4 is 10.6 Å². The smallest absolute Gasteiger partial charge is 0.241 e. The van der Waals surface area contributed by atoms with Crippen molar-refractivity contribution < 1.29 is 9.18 Å². The molecule has 7 heteroatoms. The highest BCUT2D eigenvalue weighted by Gasteiger charge is 2.17. The Labute approximate surface area is 153 Å². The van der Waals surface area contributed by atoms with E-state index in [2.05, 4.69) is 15.7 Å². The van der Waals surface area contributed by atoms with Crippen LogP contribution in [0.1, 0.15) is 30.0 Å². The summed E-state index contributed by atoms with van der Waals surface area (Å²) < 4.78 is 14.8. The quantitative estimate of drug-likeness (QED) is 0.824. The number of hydrogen-bond acceptors (Lipinski definition) is 3. The highest BCUT2D eigenvalue weighted by Crippen LogP contribution is 2.21. The van der Waals surface area contributed by atoms with Crippen LogP contribution >= 0.6 is 12.4 Å². The van der Waals surface area contributed by atoms with Gasteiger partial charge in [0.2, 0.25) is 5.91 Å². The molecule has 1 unspecified atom stereocenters. The highest BCUT2D eigenvalue weighted by atomic mass is 35.5. The van der Waals surface area contributed by atoms with Gasteiger partial charge in [-0.25, -0.2) is 4.39 Å². The van der Waals surface area contributed by atoms with E-state index < -0.39 is 0 Å². The van der Waals surface area contributed by atoms with E-state index in [9.17, 15) is 9.18 Å². The molecule has 1 atom stereocenters. The Kier molecular flexibility index (Phi) is 7.40. The van der Waals surface area contributed by atoms with Gasteiger partial charge in [0.1, 0.15) is 12.4 Å². The Morgan fingerprint density at radius 2 is 2.28 bits per heavy atom. The molecule has 3 rings (SSSR count). The van der Waals surface area contributed by atoms with Crippen LogP contribution in [0.3, 0.4) is 0 Å². The predicted octanol–water partition coefficient (Wildman–Crippen LogP) is 2.27. The van der Waals surface area contributed by atoms with Gasteiger partial charge in [0.25, 0.3) is 0 Å². The molecule has 0 bridgehead atoms. The van der Waals surface area contributed by atoms with Gasteiger partial charge >= 0.3 is 0 Å². The highest BCUT2D eigenvalue weighted by molar-refractivity contribution is 5.85. The summed E-state index contributed by atoms with van der Waals surface area (Å²) in [6.07, 6.45) is 4.78. The standard InChI is InChI=1S/C18H23FN4O.ClH/c19-16-5-1-3-14(11-16)6-9-21-18(24)13-23-10-7-17(22-23)15-4-2-8-20-12-15;/h1,3,5,7,10-11,15,20H,2,4,6,8-9,12-13H2,(H,21,24);1H. The summed E-state index contributed by atoms with van der Waals surface area (Å²) in [4.78, 5) is 12.0. The van der Waals surface area contributed by atoms with E-state index in [1.54, 1.807) is 10.7 Å². The zero-order valence-electron chi connectivity index (χ0n) is 14.1. The SMILES string of the molecule is Cl.O=C(Cn1ccc(C2CCCNC2)n1)NCCc1cccc(F)c1. The van der Waals surface area contributed by atoms with Gasteiger partial charge in [0.15, 0.2) is 0 Å². The second-order valence-corrected chi connectivity index (χ2v) is 6.21. The molecule has 136 valence electrons. The monoisotopic (exact) mass is 366 g/mol. The van der Waals surface area contributed by atoms with Gasteiger partial charge in [-0.3, -0.25) is 9.48 Å². The minimum Gasteiger partial charge on any atom is -0.354 e. The molecule has 2 N–H and O–H groups in total. The second-order valence-electron chi connectivity index (χ2n) is 6.21. The van der Waals surface area contributed by atoms with Crippen molar-refractivity contribution >= 4 is 18.3 Å². The number of nitrogens with zero attached hydrogens (tertiary/aromatic N) is 2. The van der Waals surface area contributed by atoms with Gasteiger partial charge in [-0.1, -0.05) is 12.1 Å². The Bertz CT molecular complexity index is 685. The molecule has 1 aromatic heterocycles. The molecule has 0 radical (unpaired) electrons. The summed E-state index contributed by atoms with van der Waals surface area (Å²) in [6, 6.07) is 8.44. The molecular formula is C18H24ClFN4O. The fourth-order valence-corrected chi connectivity index (χ4v) is 3.03. The van der Waals surface area contributed by atoms with Gasteiger partial charge in [-0.15, -0.1) is 12.4 Å². The molecule has 1 saturated heterocycles. The summed E-state index contributed by atoms with van der Waals surface area (Å²) >= 11 is 0. The number of piperidine rings is 1. The Morgan fingerprint density at radius 3 is 3.04 bits per heavy atom. The first-order valence-electron chi connectivity index (χ1n) is 8.46. The van der Waals surface area contributed by atoms with Crippen LogP contribution in [0.15, 0.2) is 36.5 Å². The lowest BCUT2D eigenvalue weighted by molar-refractivity contribution is -0.121. The average Bonchev–Trinajstić information content (AvgIpc) is 3.04. The number of nitrogens with one attached hydrogen (secondary N) is 2. The van der Waals surface area contributed by atoms with E-state index in [1.165, 1.54) is 12.1 Å². The summed E-state index contributed by atoms with van der Waals surface area (Å²) in [5.74, 6) is 0.110. The predicted molar refractivity (Wildman–Crippen MR) is 97.4 cm³/mol. The van der Waals surface area contributed by atoms with E-state index in [0.717, 1.165) is 37.2 Å². The largest absolute Gasteiger partial charge is 0.354 e. The molecule has 25 heavy (non-hydrogen) atoms. The van der Waals surface area contributed by atoms with Gasteiger partial charge in [0, 0.05) is 25.2 Å². The molecular weight excluding hydrogens is 343 g/mol. The summed E-state index contributed by atoms with van der Waals surface area (Å²) in [7, 11) is 0. The van der Waals surface area contributed by atoms with Crippen LogP contribution in [-0.4, -0.2) is 35.3 Å². The van der Waals surface area contributed by atoms with Crippen LogP contribution in [0.5, 0.6) is 0 Å². The maximum Gasteiger partial charge on any atom is 0.241 e. The van der Waals surface area contributed by atoms with Crippen LogP contribution in [0.4, 0.5) is 4.39 Å². The van der Waals surface area contributed by atoms with Gasteiger partial charge < -0.3 is 10.6 Å². The zero-order chi connectivity index (χ0) is 16.8. The summed E-state index contributed by atoms with van der Waals surface area (Å²) in [5, 5.41) is 10.7. The van der Waals surface area contributed by atoms with E-state index in [0.29, 0.717) is 18.9 Å². The van der Waals surface area contributed by atoms with E-state index in [4.69, 9.17) is 0 Å². The van der Waals surface area contributed by atoms with Crippen molar-refractivity contribution in [3.8, 4) is 0 Å². The van der Waals surface area contributed by atoms with Crippen molar-refractivity contribution in [2.75, 3.05) is 19.6 Å². The maximum absolute atomic E-state index is 13.1. The van der Waals surface area contributed by atoms with Crippen LogP contribution in [0.2, 0.25) is 0 Å². The molecule has 2 aromatic rings. The molecule has 1 aromatic carbocycles. The minimum atomic E-state index is -0.250. The molecule has 0 aliphatic carbocycles. The molecule has 0 saturated carbocycles. The van der Waals surface area contributed by atoms with Crippen molar-refractivity contribution in [2.24, 2.45) is 0 Å². The molecule has 0 spiro atoms. The number of aromatic nitrogens is 2. The third-order valence-corrected chi connectivity index (χ3v) is 4.31. The Balaban J connectivity index is 0.00000225. The lowest BCUT2D eigenvalue weighted by Crippen LogP contribution is -2.30. The van der Waals surface area contributed by atoms with Crippen molar-refractivity contribution in [3.05, 3.63) is 53.6 Å². The number of hydrogen-bond donors (Lipinski definition) is 2. The maximum atomic E-state index is 13.1. The fraction of sp³-hybridized carbons (Fsp3) is 0.444. The fourth-order valence-electron chi connectivity index (χ4n) is 3.03. The molecule has 2 heterocycles. The lowest BCUT2D eigenvalue weighted by Gasteiger charge is -2.20. The minimum absolute atomic E-state index is 0. The zero-order valence-corrected chi connectivity index (χ0v) is 14.9. The van der Waals surface area contributed by atoms with Crippen molar-refractivity contribution in [1.82, 2.24) is 20.4 Å². The van der Waals surface area contributed by atoms with E-state index in [1.807, 2.05) is 18.3 Å². The topological polar surface area (TPSA) is 59.0 Å². The molecule has 1 aliphatic rings. The number of carbonyl (C=O) groups excluding carboxylic acids is 1. The van der Waals surface area contributed by atoms with Gasteiger partial charge in [-0.05, 0) is 49.6 Å². The number of rotatable bonds is 6. The Morgan fingerprint density at radius 1 is 1.40 bits per heavy atom. The Hall–Kier alpha value is -1.92. The number of benzene rings is 1. The van der Waals surface area contributed by atoms with Crippen LogP contribution in [0.25, 0.3) is 0 Å². The molecule has 1 aliphatic heterocycles. The first-order chi connectivity index (χ1) is 11.7. The van der Waals surface area contributed by atoms with E-state index >= 15 is 0 Å². The first-order valence-corrected chi connectivity index (χ1v) is 8.46. The van der Waals surface area contributed by atoms with Gasteiger partial charge in [0.05, 0.1) is 5.69 Å². The average molecular weight is 367 g/mol. The number of amides is 1. The second kappa shape index (κ2) is 9.53. The van der Waals surface area contributed by atoms with Crippen molar-refractivity contribution in [2.45, 2.75) is 31.7 Å². The van der Waals surface area contributed by atoms with Crippen molar-refractivity contribution in [3.63, 3.8) is 0 Å². The third-order valence-electron chi connectivity index (χ3n) is 4.31. The van der Waals surface area contributed by atoms with E-state index in [-0.39, 0.29) is 30.7 Å². The first kappa shape index (κ1) is 19.4. The van der Waals surface area contributed by atoms with Crippen LogP contribution in [-0.2, 0) is 17.8 Å². The normalized spacial score (nSPS) is 16.9.